The SMILES string of the molecule is CCc1nc(NC)c(C)c(N2CCC(CC)(CC)C2)n1. The van der Waals surface area contributed by atoms with Gasteiger partial charge in [-0.15, -0.1) is 0 Å². The molecule has 2 rings (SSSR count). The van der Waals surface area contributed by atoms with Crippen molar-refractivity contribution in [2.45, 2.75) is 53.4 Å². The fraction of sp³-hybridized carbons (Fsp3) is 0.750. The Hall–Kier alpha value is -1.32. The van der Waals surface area contributed by atoms with E-state index in [2.05, 4.69) is 42.9 Å². The molecule has 1 N–H and O–H groups in total. The molecule has 20 heavy (non-hydrogen) atoms. The quantitative estimate of drug-likeness (QED) is 0.895. The van der Waals surface area contributed by atoms with E-state index in [0.29, 0.717) is 5.41 Å². The number of aryl methyl sites for hydroxylation is 1. The number of hydrogen-bond acceptors (Lipinski definition) is 4. The molecule has 0 aromatic carbocycles. The Bertz CT molecular complexity index is 466. The number of hydrogen-bond donors (Lipinski definition) is 1. The van der Waals surface area contributed by atoms with E-state index in [9.17, 15) is 0 Å². The number of nitrogens with zero attached hydrogens (tertiary/aromatic N) is 3. The van der Waals surface area contributed by atoms with E-state index in [1.807, 2.05) is 7.05 Å². The van der Waals surface area contributed by atoms with E-state index in [1.165, 1.54) is 24.8 Å². The Morgan fingerprint density at radius 1 is 1.20 bits per heavy atom. The summed E-state index contributed by atoms with van der Waals surface area (Å²) >= 11 is 0. The van der Waals surface area contributed by atoms with Gasteiger partial charge in [0.1, 0.15) is 17.5 Å². The van der Waals surface area contributed by atoms with Crippen molar-refractivity contribution in [3.05, 3.63) is 11.4 Å². The van der Waals surface area contributed by atoms with E-state index in [0.717, 1.165) is 37.0 Å². The van der Waals surface area contributed by atoms with Crippen LogP contribution >= 0.6 is 0 Å². The normalized spacial score (nSPS) is 17.6. The third-order valence-electron chi connectivity index (χ3n) is 4.96. The van der Waals surface area contributed by atoms with Crippen LogP contribution in [0.25, 0.3) is 0 Å². The summed E-state index contributed by atoms with van der Waals surface area (Å²) in [5.41, 5.74) is 1.65. The van der Waals surface area contributed by atoms with Gasteiger partial charge >= 0.3 is 0 Å². The third-order valence-corrected chi connectivity index (χ3v) is 4.96. The molecule has 0 unspecified atom stereocenters. The van der Waals surface area contributed by atoms with Crippen LogP contribution in [0, 0.1) is 12.3 Å². The maximum Gasteiger partial charge on any atom is 0.137 e. The van der Waals surface area contributed by atoms with Crippen molar-refractivity contribution in [3.63, 3.8) is 0 Å². The fourth-order valence-electron chi connectivity index (χ4n) is 3.20. The van der Waals surface area contributed by atoms with Gasteiger partial charge < -0.3 is 10.2 Å². The van der Waals surface area contributed by atoms with Crippen LogP contribution in [0.15, 0.2) is 0 Å². The average molecular weight is 276 g/mol. The highest BCUT2D eigenvalue weighted by Gasteiger charge is 2.36. The minimum absolute atomic E-state index is 0.476. The molecule has 0 radical (unpaired) electrons. The highest BCUT2D eigenvalue weighted by atomic mass is 15.2. The number of anilines is 2. The summed E-state index contributed by atoms with van der Waals surface area (Å²) in [4.78, 5) is 11.8. The highest BCUT2D eigenvalue weighted by molar-refractivity contribution is 5.59. The molecule has 4 heteroatoms. The second-order valence-corrected chi connectivity index (χ2v) is 5.92. The van der Waals surface area contributed by atoms with E-state index in [4.69, 9.17) is 4.98 Å². The summed E-state index contributed by atoms with van der Waals surface area (Å²) in [6, 6.07) is 0. The third kappa shape index (κ3) is 2.60. The van der Waals surface area contributed by atoms with Crippen LogP contribution in [-0.2, 0) is 6.42 Å². The van der Waals surface area contributed by atoms with E-state index >= 15 is 0 Å². The zero-order valence-electron chi connectivity index (χ0n) is 13.6. The van der Waals surface area contributed by atoms with Crippen LogP contribution < -0.4 is 10.2 Å². The van der Waals surface area contributed by atoms with Crippen molar-refractivity contribution in [2.75, 3.05) is 30.4 Å². The predicted octanol–water partition coefficient (Wildman–Crippen LogP) is 3.41. The fourth-order valence-corrected chi connectivity index (χ4v) is 3.20. The first-order valence-corrected chi connectivity index (χ1v) is 7.89. The van der Waals surface area contributed by atoms with Gasteiger partial charge in [0.15, 0.2) is 0 Å². The molecule has 112 valence electrons. The molecule has 0 bridgehead atoms. The first kappa shape index (κ1) is 15.1. The molecule has 1 aromatic heterocycles. The lowest BCUT2D eigenvalue weighted by molar-refractivity contribution is 0.301. The van der Waals surface area contributed by atoms with Gasteiger partial charge in [0.25, 0.3) is 0 Å². The largest absolute Gasteiger partial charge is 0.373 e. The van der Waals surface area contributed by atoms with Gasteiger partial charge in [-0.25, -0.2) is 9.97 Å². The van der Waals surface area contributed by atoms with Crippen LogP contribution in [-0.4, -0.2) is 30.1 Å². The standard InChI is InChI=1S/C16H28N4/c1-6-13-18-14(17-5)12(4)15(19-13)20-10-9-16(7-2,8-3)11-20/h6-11H2,1-5H3,(H,17,18,19). The molecule has 0 atom stereocenters. The summed E-state index contributed by atoms with van der Waals surface area (Å²) < 4.78 is 0. The lowest BCUT2D eigenvalue weighted by Gasteiger charge is -2.27. The second kappa shape index (κ2) is 5.98. The van der Waals surface area contributed by atoms with Crippen molar-refractivity contribution < 1.29 is 0 Å². The summed E-state index contributed by atoms with van der Waals surface area (Å²) in [5.74, 6) is 3.03. The van der Waals surface area contributed by atoms with E-state index in [-0.39, 0.29) is 0 Å². The van der Waals surface area contributed by atoms with Crippen LogP contribution in [0.5, 0.6) is 0 Å². The lowest BCUT2D eigenvalue weighted by atomic mass is 9.82. The molecular weight excluding hydrogens is 248 g/mol. The van der Waals surface area contributed by atoms with Gasteiger partial charge in [0.05, 0.1) is 0 Å². The monoisotopic (exact) mass is 276 g/mol. The molecule has 1 saturated heterocycles. The summed E-state index contributed by atoms with van der Waals surface area (Å²) in [6.45, 7) is 11.1. The van der Waals surface area contributed by atoms with Crippen molar-refractivity contribution in [1.82, 2.24) is 9.97 Å². The Morgan fingerprint density at radius 2 is 1.90 bits per heavy atom. The Morgan fingerprint density at radius 3 is 2.40 bits per heavy atom. The van der Waals surface area contributed by atoms with Gasteiger partial charge in [-0.05, 0) is 31.6 Å². The summed E-state index contributed by atoms with van der Waals surface area (Å²) in [5, 5.41) is 3.20. The van der Waals surface area contributed by atoms with E-state index in [1.54, 1.807) is 0 Å². The van der Waals surface area contributed by atoms with Crippen LogP contribution in [0.1, 0.15) is 51.4 Å². The molecule has 0 spiro atoms. The molecule has 0 aliphatic carbocycles. The van der Waals surface area contributed by atoms with Gasteiger partial charge in [0.2, 0.25) is 0 Å². The molecule has 2 heterocycles. The van der Waals surface area contributed by atoms with Gasteiger partial charge in [-0.2, -0.15) is 0 Å². The van der Waals surface area contributed by atoms with Crippen molar-refractivity contribution in [1.29, 1.82) is 0 Å². The highest BCUT2D eigenvalue weighted by Crippen LogP contribution is 2.39. The summed E-state index contributed by atoms with van der Waals surface area (Å²) in [6.07, 6.45) is 4.66. The topological polar surface area (TPSA) is 41.1 Å². The van der Waals surface area contributed by atoms with Gasteiger partial charge in [0, 0.05) is 32.1 Å². The van der Waals surface area contributed by atoms with Crippen LogP contribution in [0.3, 0.4) is 0 Å². The van der Waals surface area contributed by atoms with Crippen LogP contribution in [0.2, 0.25) is 0 Å². The number of nitrogens with one attached hydrogen (secondary N) is 1. The molecule has 0 saturated carbocycles. The minimum atomic E-state index is 0.476. The van der Waals surface area contributed by atoms with Crippen molar-refractivity contribution in [3.8, 4) is 0 Å². The smallest absolute Gasteiger partial charge is 0.137 e. The molecule has 1 aromatic rings. The van der Waals surface area contributed by atoms with E-state index < -0.39 is 0 Å². The molecule has 1 fully saturated rings. The Labute approximate surface area is 123 Å². The van der Waals surface area contributed by atoms with Gasteiger partial charge in [-0.3, -0.25) is 0 Å². The van der Waals surface area contributed by atoms with Crippen LogP contribution in [0.4, 0.5) is 11.6 Å². The number of aromatic nitrogens is 2. The Kier molecular flexibility index (Phi) is 4.51. The first-order valence-electron chi connectivity index (χ1n) is 7.89. The maximum atomic E-state index is 4.79. The molecule has 1 aliphatic heterocycles. The first-order chi connectivity index (χ1) is 9.59. The minimum Gasteiger partial charge on any atom is -0.373 e. The number of rotatable bonds is 5. The summed E-state index contributed by atoms with van der Waals surface area (Å²) in [7, 11) is 1.94. The average Bonchev–Trinajstić information content (AvgIpc) is 2.92. The van der Waals surface area contributed by atoms with Crippen molar-refractivity contribution in [2.24, 2.45) is 5.41 Å². The lowest BCUT2D eigenvalue weighted by Crippen LogP contribution is -2.28. The predicted molar refractivity (Wildman–Crippen MR) is 85.5 cm³/mol. The zero-order chi connectivity index (χ0) is 14.8. The molecule has 0 amide bonds. The van der Waals surface area contributed by atoms with Gasteiger partial charge in [-0.1, -0.05) is 20.8 Å². The molecule has 4 nitrogen and oxygen atoms in total. The maximum absolute atomic E-state index is 4.79. The molecule has 1 aliphatic rings. The zero-order valence-corrected chi connectivity index (χ0v) is 13.6. The Balaban J connectivity index is 2.34. The molecular formula is C16H28N4. The van der Waals surface area contributed by atoms with Crippen molar-refractivity contribution >= 4 is 11.6 Å². The second-order valence-electron chi connectivity index (χ2n) is 5.92.